The minimum atomic E-state index is -3.11. The summed E-state index contributed by atoms with van der Waals surface area (Å²) in [5.41, 5.74) is 3.62. The van der Waals surface area contributed by atoms with Crippen molar-refractivity contribution in [1.82, 2.24) is 19.2 Å². The van der Waals surface area contributed by atoms with Gasteiger partial charge in [0.25, 0.3) is 0 Å². The molecular weight excluding hydrogens is 745 g/mol. The van der Waals surface area contributed by atoms with Gasteiger partial charge < -0.3 is 34.3 Å². The minimum absolute atomic E-state index is 0.368. The highest BCUT2D eigenvalue weighted by Gasteiger charge is 2.44. The molecule has 5 heterocycles. The molecule has 50 heavy (non-hydrogen) atoms. The van der Waals surface area contributed by atoms with E-state index in [1.807, 2.05) is 12.1 Å². The average Bonchev–Trinajstić information content (AvgIpc) is 3.67. The Morgan fingerprint density at radius 1 is 1.00 bits per heavy atom. The van der Waals surface area contributed by atoms with Crippen molar-refractivity contribution in [1.29, 1.82) is 0 Å². The average molecular weight is 791 g/mol. The molecule has 0 saturated carbocycles. The lowest BCUT2D eigenvalue weighted by Crippen LogP contribution is -2.45. The van der Waals surface area contributed by atoms with Crippen molar-refractivity contribution in [3.8, 4) is 17.2 Å². The fourth-order valence-corrected chi connectivity index (χ4v) is 10.4. The first-order valence-corrected chi connectivity index (χ1v) is 22.2. The SMILES string of the molecule is COc1cc(N2CCC(N3C[C@@H]4CN(S(C)(=O)=O)C[C@@H]4C3)CC2)c(C)cc1Nc1ncc(Br)c(Nc2ccc3c(c2P(C)(C)=O)OCCO3)n1. The van der Waals surface area contributed by atoms with Crippen LogP contribution in [0, 0.1) is 18.8 Å². The zero-order chi connectivity index (χ0) is 35.4. The molecule has 0 radical (unpaired) electrons. The molecular formula is C34H45BrN7O6PS. The van der Waals surface area contributed by atoms with Crippen molar-refractivity contribution in [2.24, 2.45) is 11.8 Å². The molecule has 3 saturated heterocycles. The van der Waals surface area contributed by atoms with Crippen molar-refractivity contribution in [3.63, 3.8) is 0 Å². The maximum absolute atomic E-state index is 13.4. The largest absolute Gasteiger partial charge is 0.494 e. The van der Waals surface area contributed by atoms with Crippen LogP contribution in [-0.4, -0.2) is 113 Å². The monoisotopic (exact) mass is 789 g/mol. The lowest BCUT2D eigenvalue weighted by atomic mass is 10.0. The first-order valence-electron chi connectivity index (χ1n) is 17.0. The molecule has 4 aliphatic heterocycles. The van der Waals surface area contributed by atoms with Crippen molar-refractivity contribution < 1.29 is 27.2 Å². The van der Waals surface area contributed by atoms with Gasteiger partial charge in [-0.05, 0) is 84.6 Å². The van der Waals surface area contributed by atoms with Gasteiger partial charge in [0.2, 0.25) is 16.0 Å². The van der Waals surface area contributed by atoms with E-state index in [4.69, 9.17) is 19.2 Å². The number of sulfonamides is 1. The number of nitrogens with zero attached hydrogens (tertiary/aromatic N) is 5. The van der Waals surface area contributed by atoms with E-state index in [9.17, 15) is 13.0 Å². The second-order valence-corrected chi connectivity index (χ2v) is 20.1. The van der Waals surface area contributed by atoms with Gasteiger partial charge in [0, 0.05) is 63.3 Å². The van der Waals surface area contributed by atoms with Crippen molar-refractivity contribution in [2.45, 2.75) is 25.8 Å². The highest BCUT2D eigenvalue weighted by atomic mass is 79.9. The smallest absolute Gasteiger partial charge is 0.229 e. The number of aromatic nitrogens is 2. The Kier molecular flexibility index (Phi) is 9.74. The molecule has 0 bridgehead atoms. The Labute approximate surface area is 302 Å². The molecule has 16 heteroatoms. The number of likely N-dealkylation sites (tertiary alicyclic amines) is 1. The van der Waals surface area contributed by atoms with Gasteiger partial charge in [0.1, 0.15) is 31.9 Å². The molecule has 0 unspecified atom stereocenters. The molecule has 3 aromatic rings. The number of hydrogen-bond acceptors (Lipinski definition) is 12. The van der Waals surface area contributed by atoms with Gasteiger partial charge in [-0.2, -0.15) is 4.98 Å². The molecule has 0 spiro atoms. The Morgan fingerprint density at radius 3 is 2.36 bits per heavy atom. The highest BCUT2D eigenvalue weighted by Crippen LogP contribution is 2.47. The number of fused-ring (bicyclic) bond motifs is 2. The van der Waals surface area contributed by atoms with Crippen LogP contribution in [0.25, 0.3) is 0 Å². The van der Waals surface area contributed by atoms with Crippen LogP contribution >= 0.6 is 23.1 Å². The quantitative estimate of drug-likeness (QED) is 0.287. The topological polar surface area (TPSA) is 138 Å². The number of methoxy groups -OCH3 is 1. The molecule has 270 valence electrons. The lowest BCUT2D eigenvalue weighted by Gasteiger charge is -2.39. The summed E-state index contributed by atoms with van der Waals surface area (Å²) < 4.78 is 57.3. The van der Waals surface area contributed by atoms with E-state index in [1.54, 1.807) is 30.9 Å². The Bertz CT molecular complexity index is 1920. The van der Waals surface area contributed by atoms with Crippen LogP contribution in [0.4, 0.5) is 28.8 Å². The number of benzene rings is 2. The van der Waals surface area contributed by atoms with Crippen LogP contribution in [0.5, 0.6) is 17.2 Å². The summed E-state index contributed by atoms with van der Waals surface area (Å²) in [5.74, 6) is 3.51. The molecule has 13 nitrogen and oxygen atoms in total. The number of rotatable bonds is 9. The van der Waals surface area contributed by atoms with Crippen LogP contribution in [0.1, 0.15) is 18.4 Å². The first kappa shape index (κ1) is 35.3. The van der Waals surface area contributed by atoms with E-state index in [0.717, 1.165) is 56.0 Å². The summed E-state index contributed by atoms with van der Waals surface area (Å²) in [4.78, 5) is 14.3. The first-order chi connectivity index (χ1) is 23.8. The third kappa shape index (κ3) is 7.16. The number of aryl methyl sites for hydroxylation is 1. The number of nitrogens with one attached hydrogen (secondary N) is 2. The van der Waals surface area contributed by atoms with E-state index in [2.05, 4.69) is 60.4 Å². The van der Waals surface area contributed by atoms with E-state index < -0.39 is 17.2 Å². The molecule has 0 aliphatic carbocycles. The van der Waals surface area contributed by atoms with E-state index in [-0.39, 0.29) is 0 Å². The third-order valence-electron chi connectivity index (χ3n) is 10.3. The van der Waals surface area contributed by atoms with Crippen LogP contribution in [0.3, 0.4) is 0 Å². The zero-order valence-corrected chi connectivity index (χ0v) is 32.4. The number of anilines is 5. The van der Waals surface area contributed by atoms with Crippen molar-refractivity contribution in [3.05, 3.63) is 40.5 Å². The molecule has 0 amide bonds. The lowest BCUT2D eigenvalue weighted by molar-refractivity contribution is 0.173. The van der Waals surface area contributed by atoms with Gasteiger partial charge in [0.15, 0.2) is 11.5 Å². The molecule has 2 aromatic carbocycles. The second kappa shape index (κ2) is 13.8. The molecule has 7 rings (SSSR count). The number of piperidine rings is 1. The van der Waals surface area contributed by atoms with E-state index in [0.29, 0.717) is 88.7 Å². The standard InChI is InChI=1S/C34H45BrN7O6PS/c1-21-14-27(38-34-36-16-25(35)33(39-34)37-26-6-7-29-31(48-13-12-47-29)32(26)49(3,4)43)30(46-2)15-28(21)40-10-8-24(9-11-40)41-17-22-19-42(50(5,44)45)20-23(22)18-41/h6-7,14-16,22-24H,8-13,17-20H2,1-5H3,(H2,36,37,38,39)/t22-,23+. The predicted octanol–water partition coefficient (Wildman–Crippen LogP) is 4.85. The molecule has 2 atom stereocenters. The van der Waals surface area contributed by atoms with Crippen LogP contribution in [-0.2, 0) is 14.6 Å². The van der Waals surface area contributed by atoms with Crippen LogP contribution in [0.15, 0.2) is 34.9 Å². The fraction of sp³-hybridized carbons (Fsp3) is 0.529. The molecule has 4 aliphatic rings. The number of hydrogen-bond donors (Lipinski definition) is 2. The molecule has 3 fully saturated rings. The van der Waals surface area contributed by atoms with Gasteiger partial charge >= 0.3 is 0 Å². The van der Waals surface area contributed by atoms with E-state index in [1.165, 1.54) is 6.26 Å². The van der Waals surface area contributed by atoms with Gasteiger partial charge in [0.05, 0.1) is 34.5 Å². The summed E-state index contributed by atoms with van der Waals surface area (Å²) >= 11 is 3.57. The summed E-state index contributed by atoms with van der Waals surface area (Å²) in [6.45, 7) is 11.5. The number of ether oxygens (including phenoxy) is 3. The Balaban J connectivity index is 1.03. The number of halogens is 1. The van der Waals surface area contributed by atoms with Crippen LogP contribution in [0.2, 0.25) is 0 Å². The maximum atomic E-state index is 13.4. The van der Waals surface area contributed by atoms with E-state index >= 15 is 0 Å². The van der Waals surface area contributed by atoms with Gasteiger partial charge in [-0.1, -0.05) is 0 Å². The molecule has 1 aromatic heterocycles. The van der Waals surface area contributed by atoms with Crippen molar-refractivity contribution in [2.75, 3.05) is 94.7 Å². The van der Waals surface area contributed by atoms with Gasteiger partial charge in [-0.3, -0.25) is 4.90 Å². The Hall–Kier alpha value is -3.10. The minimum Gasteiger partial charge on any atom is -0.494 e. The van der Waals surface area contributed by atoms with Crippen LogP contribution < -0.4 is 35.0 Å². The summed E-state index contributed by atoms with van der Waals surface area (Å²) in [5, 5.41) is 7.27. The molecule has 2 N–H and O–H groups in total. The normalized spacial score (nSPS) is 21.7. The fourth-order valence-electron chi connectivity index (χ4n) is 7.81. The van der Waals surface area contributed by atoms with Gasteiger partial charge in [-0.15, -0.1) is 0 Å². The predicted molar refractivity (Wildman–Crippen MR) is 201 cm³/mol. The van der Waals surface area contributed by atoms with Gasteiger partial charge in [-0.25, -0.2) is 17.7 Å². The summed E-state index contributed by atoms with van der Waals surface area (Å²) in [6.07, 6.45) is 5.12. The zero-order valence-electron chi connectivity index (χ0n) is 29.1. The Morgan fingerprint density at radius 2 is 1.70 bits per heavy atom. The summed E-state index contributed by atoms with van der Waals surface area (Å²) in [6, 6.07) is 8.32. The maximum Gasteiger partial charge on any atom is 0.229 e. The van der Waals surface area contributed by atoms with Crippen molar-refractivity contribution >= 4 is 67.2 Å². The second-order valence-electron chi connectivity index (χ2n) is 14.1. The third-order valence-corrected chi connectivity index (χ3v) is 13.6. The summed E-state index contributed by atoms with van der Waals surface area (Å²) in [7, 11) is -4.23. The highest BCUT2D eigenvalue weighted by molar-refractivity contribution is 9.10.